The van der Waals surface area contributed by atoms with Gasteiger partial charge in [0.25, 0.3) is 5.91 Å². The van der Waals surface area contributed by atoms with E-state index in [1.54, 1.807) is 18.2 Å². The fourth-order valence-electron chi connectivity index (χ4n) is 1.57. The van der Waals surface area contributed by atoms with Crippen molar-refractivity contribution < 1.29 is 13.9 Å². The topological polar surface area (TPSA) is 29.5 Å². The molecule has 1 amide bonds. The van der Waals surface area contributed by atoms with Gasteiger partial charge in [0, 0.05) is 0 Å². The lowest BCUT2D eigenvalue weighted by atomic mass is 10.1. The molecule has 17 heavy (non-hydrogen) atoms. The number of para-hydroxylation sites is 1. The van der Waals surface area contributed by atoms with E-state index in [1.807, 2.05) is 6.07 Å². The molecule has 0 unspecified atom stereocenters. The number of likely N-dealkylation sites (tertiary alicyclic amines) is 1. The van der Waals surface area contributed by atoms with Crippen LogP contribution >= 0.6 is 11.6 Å². The second-order valence-corrected chi connectivity index (χ2v) is 4.19. The largest absolute Gasteiger partial charge is 0.485 e. The standard InChI is InChI=1S/C12H11ClFNO2/c1-8(14)12(16)15-6-9(7-15)17-11-5-3-2-4-10(11)13/h2-5,9H,1,6-7H2. The third-order valence-corrected chi connectivity index (χ3v) is 2.81. The van der Waals surface area contributed by atoms with Gasteiger partial charge in [-0.25, -0.2) is 4.39 Å². The first-order chi connectivity index (χ1) is 8.08. The summed E-state index contributed by atoms with van der Waals surface area (Å²) in [5.74, 6) is -1.05. The molecule has 0 radical (unpaired) electrons. The third kappa shape index (κ3) is 2.58. The van der Waals surface area contributed by atoms with E-state index in [0.29, 0.717) is 23.9 Å². The van der Waals surface area contributed by atoms with Gasteiger partial charge in [0.05, 0.1) is 18.1 Å². The molecular formula is C12H11ClFNO2. The van der Waals surface area contributed by atoms with Gasteiger partial charge in [-0.15, -0.1) is 0 Å². The molecular weight excluding hydrogens is 245 g/mol. The first-order valence-electron chi connectivity index (χ1n) is 5.13. The van der Waals surface area contributed by atoms with Crippen LogP contribution in [-0.2, 0) is 4.79 Å². The van der Waals surface area contributed by atoms with Crippen molar-refractivity contribution in [1.82, 2.24) is 4.90 Å². The first kappa shape index (κ1) is 11.9. The molecule has 0 N–H and O–H groups in total. The molecule has 0 saturated carbocycles. The maximum Gasteiger partial charge on any atom is 0.282 e. The lowest BCUT2D eigenvalue weighted by Gasteiger charge is -2.38. The van der Waals surface area contributed by atoms with E-state index in [1.165, 1.54) is 4.90 Å². The Balaban J connectivity index is 1.88. The summed E-state index contributed by atoms with van der Waals surface area (Å²) in [5, 5.41) is 0.521. The number of carbonyl (C=O) groups excluding carboxylic acids is 1. The van der Waals surface area contributed by atoms with E-state index in [2.05, 4.69) is 6.58 Å². The van der Waals surface area contributed by atoms with Gasteiger partial charge in [0.2, 0.25) is 0 Å². The highest BCUT2D eigenvalue weighted by molar-refractivity contribution is 6.32. The van der Waals surface area contributed by atoms with Crippen molar-refractivity contribution in [2.75, 3.05) is 13.1 Å². The minimum absolute atomic E-state index is 0.141. The Bertz CT molecular complexity index is 458. The minimum Gasteiger partial charge on any atom is -0.485 e. The molecule has 1 aliphatic rings. The van der Waals surface area contributed by atoms with Crippen molar-refractivity contribution in [2.24, 2.45) is 0 Å². The molecule has 1 aromatic rings. The highest BCUT2D eigenvalue weighted by atomic mass is 35.5. The molecule has 1 fully saturated rings. The molecule has 0 bridgehead atoms. The molecule has 0 spiro atoms. The van der Waals surface area contributed by atoms with Crippen LogP contribution in [0.5, 0.6) is 5.75 Å². The lowest BCUT2D eigenvalue weighted by molar-refractivity contribution is -0.137. The van der Waals surface area contributed by atoms with E-state index in [-0.39, 0.29) is 6.10 Å². The van der Waals surface area contributed by atoms with Gasteiger partial charge < -0.3 is 9.64 Å². The molecule has 0 atom stereocenters. The summed E-state index contributed by atoms with van der Waals surface area (Å²) in [4.78, 5) is 12.5. The lowest BCUT2D eigenvalue weighted by Crippen LogP contribution is -2.56. The number of carbonyl (C=O) groups is 1. The van der Waals surface area contributed by atoms with Crippen LogP contribution in [0.3, 0.4) is 0 Å². The molecule has 1 aromatic carbocycles. The predicted molar refractivity (Wildman–Crippen MR) is 62.7 cm³/mol. The highest BCUT2D eigenvalue weighted by Gasteiger charge is 2.33. The maximum atomic E-state index is 12.5. The summed E-state index contributed by atoms with van der Waals surface area (Å²) in [6.45, 7) is 3.67. The SMILES string of the molecule is C=C(F)C(=O)N1CC(Oc2ccccc2Cl)C1. The molecule has 90 valence electrons. The number of ether oxygens (including phenoxy) is 1. The van der Waals surface area contributed by atoms with Crippen LogP contribution in [0.15, 0.2) is 36.7 Å². The van der Waals surface area contributed by atoms with Crippen molar-refractivity contribution in [3.05, 3.63) is 41.7 Å². The Morgan fingerprint density at radius 1 is 1.47 bits per heavy atom. The number of benzene rings is 1. The molecule has 5 heteroatoms. The Hall–Kier alpha value is -1.55. The van der Waals surface area contributed by atoms with Crippen LogP contribution in [-0.4, -0.2) is 30.0 Å². The van der Waals surface area contributed by atoms with E-state index in [4.69, 9.17) is 16.3 Å². The van der Waals surface area contributed by atoms with Gasteiger partial charge in [-0.3, -0.25) is 4.79 Å². The van der Waals surface area contributed by atoms with Gasteiger partial charge in [-0.2, -0.15) is 0 Å². The molecule has 1 saturated heterocycles. The normalized spacial score (nSPS) is 15.3. The van der Waals surface area contributed by atoms with Crippen LogP contribution in [0.25, 0.3) is 0 Å². The van der Waals surface area contributed by atoms with Crippen LogP contribution in [0.4, 0.5) is 4.39 Å². The zero-order valence-electron chi connectivity index (χ0n) is 9.03. The zero-order chi connectivity index (χ0) is 12.4. The van der Waals surface area contributed by atoms with Crippen molar-refractivity contribution >= 4 is 17.5 Å². The Kier molecular flexibility index (Phi) is 3.33. The molecule has 2 rings (SSSR count). The highest BCUT2D eigenvalue weighted by Crippen LogP contribution is 2.26. The molecule has 0 aromatic heterocycles. The molecule has 1 aliphatic heterocycles. The Morgan fingerprint density at radius 3 is 2.71 bits per heavy atom. The second kappa shape index (κ2) is 4.75. The third-order valence-electron chi connectivity index (χ3n) is 2.50. The van der Waals surface area contributed by atoms with E-state index in [9.17, 15) is 9.18 Å². The monoisotopic (exact) mass is 255 g/mol. The number of rotatable bonds is 3. The fourth-order valence-corrected chi connectivity index (χ4v) is 1.75. The van der Waals surface area contributed by atoms with Crippen molar-refractivity contribution in [3.63, 3.8) is 0 Å². The fraction of sp³-hybridized carbons (Fsp3) is 0.250. The number of hydrogen-bond donors (Lipinski definition) is 0. The van der Waals surface area contributed by atoms with E-state index >= 15 is 0 Å². The summed E-state index contributed by atoms with van der Waals surface area (Å²) in [6, 6.07) is 7.09. The van der Waals surface area contributed by atoms with Crippen molar-refractivity contribution in [3.8, 4) is 5.75 Å². The number of hydrogen-bond acceptors (Lipinski definition) is 2. The van der Waals surface area contributed by atoms with E-state index < -0.39 is 11.7 Å². The maximum absolute atomic E-state index is 12.5. The van der Waals surface area contributed by atoms with Crippen molar-refractivity contribution in [1.29, 1.82) is 0 Å². The summed E-state index contributed by atoms with van der Waals surface area (Å²) in [7, 11) is 0. The van der Waals surface area contributed by atoms with Gasteiger partial charge in [0.15, 0.2) is 5.83 Å². The van der Waals surface area contributed by atoms with Gasteiger partial charge in [0.1, 0.15) is 11.9 Å². The molecule has 0 aliphatic carbocycles. The Labute approximate surface area is 103 Å². The van der Waals surface area contributed by atoms with Gasteiger partial charge >= 0.3 is 0 Å². The minimum atomic E-state index is -0.943. The van der Waals surface area contributed by atoms with Crippen LogP contribution in [0.2, 0.25) is 5.02 Å². The zero-order valence-corrected chi connectivity index (χ0v) is 9.78. The summed E-state index contributed by atoms with van der Waals surface area (Å²) in [5.41, 5.74) is 0. The molecule has 1 heterocycles. The first-order valence-corrected chi connectivity index (χ1v) is 5.50. The van der Waals surface area contributed by atoms with E-state index in [0.717, 1.165) is 0 Å². The number of halogens is 2. The predicted octanol–water partition coefficient (Wildman–Crippen LogP) is 2.41. The summed E-state index contributed by atoms with van der Waals surface area (Å²) < 4.78 is 18.1. The summed E-state index contributed by atoms with van der Waals surface area (Å²) >= 11 is 5.92. The van der Waals surface area contributed by atoms with Gasteiger partial charge in [-0.05, 0) is 12.1 Å². The summed E-state index contributed by atoms with van der Waals surface area (Å²) in [6.07, 6.45) is -0.141. The number of amides is 1. The molecule has 3 nitrogen and oxygen atoms in total. The average molecular weight is 256 g/mol. The Morgan fingerprint density at radius 2 is 2.12 bits per heavy atom. The van der Waals surface area contributed by atoms with Crippen LogP contribution in [0.1, 0.15) is 0 Å². The number of nitrogens with zero attached hydrogens (tertiary/aromatic N) is 1. The smallest absolute Gasteiger partial charge is 0.282 e. The second-order valence-electron chi connectivity index (χ2n) is 3.79. The average Bonchev–Trinajstić information content (AvgIpc) is 2.24. The van der Waals surface area contributed by atoms with Crippen LogP contribution < -0.4 is 4.74 Å². The van der Waals surface area contributed by atoms with Gasteiger partial charge in [-0.1, -0.05) is 30.3 Å². The van der Waals surface area contributed by atoms with Crippen molar-refractivity contribution in [2.45, 2.75) is 6.10 Å². The quantitative estimate of drug-likeness (QED) is 0.777. The van der Waals surface area contributed by atoms with Crippen LogP contribution in [0, 0.1) is 0 Å².